The lowest BCUT2D eigenvalue weighted by Crippen LogP contribution is -2.00. The summed E-state index contributed by atoms with van der Waals surface area (Å²) in [6.07, 6.45) is 0. The fraction of sp³-hybridized carbons (Fsp3) is 0.0714. The molecule has 0 aliphatic carbocycles. The molecule has 7 heteroatoms. The molecule has 2 aromatic rings. The highest BCUT2D eigenvalue weighted by Gasteiger charge is 2.08. The van der Waals surface area contributed by atoms with Crippen molar-refractivity contribution in [3.63, 3.8) is 0 Å². The molecule has 0 bridgehead atoms. The molecule has 0 aliphatic heterocycles. The maximum atomic E-state index is 8.95. The number of anilines is 1. The van der Waals surface area contributed by atoms with Crippen LogP contribution < -0.4 is 5.32 Å². The monoisotopic (exact) mass is 276 g/mol. The topological polar surface area (TPSA) is 122 Å². The van der Waals surface area contributed by atoms with Gasteiger partial charge in [-0.3, -0.25) is 0 Å². The Bertz CT molecular complexity index is 795. The van der Waals surface area contributed by atoms with Gasteiger partial charge in [-0.2, -0.15) is 20.8 Å². The smallest absolute Gasteiger partial charge is 0.257 e. The molecule has 0 unspecified atom stereocenters. The molecule has 1 N–H and O–H groups in total. The second kappa shape index (κ2) is 6.01. The predicted molar refractivity (Wildman–Crippen MR) is 72.0 cm³/mol. The lowest BCUT2D eigenvalue weighted by atomic mass is 10.2. The Hall–Kier alpha value is -3.63. The molecular formula is C14H8N6O. The third-order valence-corrected chi connectivity index (χ3v) is 2.51. The van der Waals surface area contributed by atoms with Gasteiger partial charge in [0.15, 0.2) is 11.4 Å². The van der Waals surface area contributed by atoms with Gasteiger partial charge in [0.2, 0.25) is 0 Å². The zero-order valence-electron chi connectivity index (χ0n) is 11.0. The molecule has 21 heavy (non-hydrogen) atoms. The van der Waals surface area contributed by atoms with Crippen LogP contribution in [0, 0.1) is 40.9 Å². The van der Waals surface area contributed by atoms with Crippen LogP contribution in [0.2, 0.25) is 0 Å². The summed E-state index contributed by atoms with van der Waals surface area (Å²) in [6.45, 7) is 1.72. The molecule has 1 aromatic heterocycles. The fourth-order valence-electron chi connectivity index (χ4n) is 1.54. The minimum atomic E-state index is -0.269. The second-order valence-electron chi connectivity index (χ2n) is 3.93. The van der Waals surface area contributed by atoms with Gasteiger partial charge in [-0.15, -0.1) is 0 Å². The van der Waals surface area contributed by atoms with Gasteiger partial charge in [-0.25, -0.2) is 0 Å². The van der Waals surface area contributed by atoms with Crippen LogP contribution in [-0.4, -0.2) is 10.1 Å². The van der Waals surface area contributed by atoms with E-state index in [-0.39, 0.29) is 11.3 Å². The van der Waals surface area contributed by atoms with Gasteiger partial charge in [0.05, 0.1) is 0 Å². The minimum Gasteiger partial charge on any atom is -0.345 e. The molecule has 0 radical (unpaired) electrons. The largest absolute Gasteiger partial charge is 0.345 e. The summed E-state index contributed by atoms with van der Waals surface area (Å²) in [5.41, 5.74) is 0.925. The van der Waals surface area contributed by atoms with E-state index >= 15 is 0 Å². The van der Waals surface area contributed by atoms with Crippen LogP contribution in [0.15, 0.2) is 40.1 Å². The highest BCUT2D eigenvalue weighted by atomic mass is 16.5. The maximum absolute atomic E-state index is 8.95. The van der Waals surface area contributed by atoms with Crippen molar-refractivity contribution in [1.29, 1.82) is 15.8 Å². The van der Waals surface area contributed by atoms with E-state index in [0.29, 0.717) is 17.4 Å². The third-order valence-electron chi connectivity index (χ3n) is 2.51. The molecule has 0 amide bonds. The van der Waals surface area contributed by atoms with Gasteiger partial charge in [-0.1, -0.05) is 5.16 Å². The number of allylic oxidation sites excluding steroid dienone is 2. The molecule has 0 saturated heterocycles. The van der Waals surface area contributed by atoms with Crippen molar-refractivity contribution in [1.82, 2.24) is 10.1 Å². The van der Waals surface area contributed by atoms with Crippen molar-refractivity contribution in [3.8, 4) is 29.7 Å². The molecule has 0 spiro atoms. The molecular weight excluding hydrogens is 268 g/mol. The van der Waals surface area contributed by atoms with Gasteiger partial charge in [0, 0.05) is 11.3 Å². The van der Waals surface area contributed by atoms with E-state index in [0.717, 1.165) is 5.56 Å². The van der Waals surface area contributed by atoms with Gasteiger partial charge >= 0.3 is 0 Å². The van der Waals surface area contributed by atoms with Crippen molar-refractivity contribution in [2.45, 2.75) is 6.92 Å². The highest BCUT2D eigenvalue weighted by molar-refractivity contribution is 5.62. The first-order valence-corrected chi connectivity index (χ1v) is 5.80. The molecule has 100 valence electrons. The lowest BCUT2D eigenvalue weighted by Gasteiger charge is -2.04. The van der Waals surface area contributed by atoms with E-state index in [1.54, 1.807) is 49.4 Å². The van der Waals surface area contributed by atoms with Crippen LogP contribution >= 0.6 is 0 Å². The summed E-state index contributed by atoms with van der Waals surface area (Å²) in [7, 11) is 0. The summed E-state index contributed by atoms with van der Waals surface area (Å²) in [5.74, 6) is 0.930. The van der Waals surface area contributed by atoms with E-state index in [1.807, 2.05) is 0 Å². The number of nitrogens with zero attached hydrogens (tertiary/aromatic N) is 5. The summed E-state index contributed by atoms with van der Waals surface area (Å²) >= 11 is 0. The number of benzene rings is 1. The van der Waals surface area contributed by atoms with Crippen molar-refractivity contribution in [2.24, 2.45) is 0 Å². The number of hydrogen-bond acceptors (Lipinski definition) is 7. The number of hydrogen-bond donors (Lipinski definition) is 1. The standard InChI is InChI=1S/C14H8N6O/c1-9-18-14(21-20-9)10-2-4-12(5-3-10)19-13(8-17)11(6-15)7-16/h2-5,19H,1H3. The number of nitrogens with one attached hydrogen (secondary N) is 1. The first-order chi connectivity index (χ1) is 10.2. The van der Waals surface area contributed by atoms with Crippen molar-refractivity contribution in [2.75, 3.05) is 5.32 Å². The van der Waals surface area contributed by atoms with Crippen LogP contribution in [0.5, 0.6) is 0 Å². The zero-order valence-corrected chi connectivity index (χ0v) is 11.0. The van der Waals surface area contributed by atoms with Gasteiger partial charge in [-0.05, 0) is 31.2 Å². The van der Waals surface area contributed by atoms with Gasteiger partial charge < -0.3 is 9.84 Å². The van der Waals surface area contributed by atoms with Crippen LogP contribution in [-0.2, 0) is 0 Å². The summed E-state index contributed by atoms with van der Waals surface area (Å²) < 4.78 is 5.04. The Morgan fingerprint density at radius 3 is 2.24 bits per heavy atom. The van der Waals surface area contributed by atoms with Crippen molar-refractivity contribution >= 4 is 5.69 Å². The number of nitriles is 3. The highest BCUT2D eigenvalue weighted by Crippen LogP contribution is 2.20. The Balaban J connectivity index is 2.25. The maximum Gasteiger partial charge on any atom is 0.257 e. The van der Waals surface area contributed by atoms with E-state index in [9.17, 15) is 0 Å². The summed E-state index contributed by atoms with van der Waals surface area (Å²) in [5, 5.41) is 32.9. The van der Waals surface area contributed by atoms with Crippen LogP contribution in [0.3, 0.4) is 0 Å². The average Bonchev–Trinajstić information content (AvgIpc) is 2.94. The van der Waals surface area contributed by atoms with Crippen LogP contribution in [0.1, 0.15) is 5.82 Å². The van der Waals surface area contributed by atoms with E-state index < -0.39 is 0 Å². The first kappa shape index (κ1) is 13.8. The fourth-order valence-corrected chi connectivity index (χ4v) is 1.54. The Kier molecular flexibility index (Phi) is 3.95. The molecule has 1 heterocycles. The Morgan fingerprint density at radius 1 is 1.10 bits per heavy atom. The normalized spacial score (nSPS) is 9.05. The SMILES string of the molecule is Cc1noc(-c2ccc(NC(C#N)=C(C#N)C#N)cc2)n1. The van der Waals surface area contributed by atoms with Crippen LogP contribution in [0.25, 0.3) is 11.5 Å². The molecule has 0 atom stereocenters. The number of aromatic nitrogens is 2. The van der Waals surface area contributed by atoms with E-state index in [1.165, 1.54) is 0 Å². The predicted octanol–water partition coefficient (Wildman–Crippen LogP) is 2.28. The van der Waals surface area contributed by atoms with Gasteiger partial charge in [0.1, 0.15) is 23.9 Å². The molecule has 2 rings (SSSR count). The molecule has 0 aliphatic rings. The molecule has 0 fully saturated rings. The quantitative estimate of drug-likeness (QED) is 0.853. The van der Waals surface area contributed by atoms with E-state index in [2.05, 4.69) is 15.5 Å². The lowest BCUT2D eigenvalue weighted by molar-refractivity contribution is 0.425. The second-order valence-corrected chi connectivity index (χ2v) is 3.93. The Labute approximate surface area is 120 Å². The average molecular weight is 276 g/mol. The molecule has 0 saturated carbocycles. The van der Waals surface area contributed by atoms with Gasteiger partial charge in [0.25, 0.3) is 5.89 Å². The number of rotatable bonds is 3. The molecule has 7 nitrogen and oxygen atoms in total. The first-order valence-electron chi connectivity index (χ1n) is 5.80. The van der Waals surface area contributed by atoms with Crippen molar-refractivity contribution < 1.29 is 4.52 Å². The summed E-state index contributed by atoms with van der Waals surface area (Å²) in [4.78, 5) is 4.10. The third kappa shape index (κ3) is 3.04. The van der Waals surface area contributed by atoms with Crippen molar-refractivity contribution in [3.05, 3.63) is 41.4 Å². The summed E-state index contributed by atoms with van der Waals surface area (Å²) in [6, 6.07) is 11.9. The number of aryl methyl sites for hydroxylation is 1. The minimum absolute atomic E-state index is 0.0959. The Morgan fingerprint density at radius 2 is 1.76 bits per heavy atom. The zero-order chi connectivity index (χ0) is 15.2. The van der Waals surface area contributed by atoms with E-state index in [4.69, 9.17) is 20.3 Å². The van der Waals surface area contributed by atoms with Crippen LogP contribution in [0.4, 0.5) is 5.69 Å². The molecule has 1 aromatic carbocycles.